The molecule has 3 rings (SSSR count). The Bertz CT molecular complexity index is 1100. The molecule has 0 saturated heterocycles. The number of anilines is 2. The predicted molar refractivity (Wildman–Crippen MR) is 125 cm³/mol. The maximum Gasteiger partial charge on any atom is 0.341 e. The SMILES string of the molecule is Cc1ccc(NC(=O)COC(=O)c2cccnc2SCC(=O)Nc2ccc(C)cc2)cc1. The number of benzene rings is 2. The molecule has 0 spiro atoms. The Balaban J connectivity index is 1.52. The van der Waals surface area contributed by atoms with Crippen LogP contribution in [0.15, 0.2) is 71.9 Å². The Morgan fingerprint density at radius 3 is 2.00 bits per heavy atom. The Kier molecular flexibility index (Phi) is 7.99. The molecule has 0 bridgehead atoms. The van der Waals surface area contributed by atoms with Gasteiger partial charge in [0.15, 0.2) is 6.61 Å². The molecule has 2 amide bonds. The minimum atomic E-state index is -0.682. The lowest BCUT2D eigenvalue weighted by atomic mass is 10.2. The standard InChI is InChI=1S/C24H23N3O4S/c1-16-5-9-18(10-6-16)26-21(28)14-31-24(30)20-4-3-13-25-23(20)32-15-22(29)27-19-11-7-17(2)8-12-19/h3-13H,14-15H2,1-2H3,(H,26,28)(H,27,29). The molecule has 8 heteroatoms. The summed E-state index contributed by atoms with van der Waals surface area (Å²) >= 11 is 1.12. The Morgan fingerprint density at radius 1 is 0.844 bits per heavy atom. The molecule has 0 radical (unpaired) electrons. The van der Waals surface area contributed by atoms with E-state index in [1.54, 1.807) is 24.3 Å². The molecule has 2 N–H and O–H groups in total. The lowest BCUT2D eigenvalue weighted by Crippen LogP contribution is -2.21. The number of esters is 1. The number of nitrogens with one attached hydrogen (secondary N) is 2. The van der Waals surface area contributed by atoms with Crippen molar-refractivity contribution >= 4 is 40.9 Å². The molecule has 0 saturated carbocycles. The minimum Gasteiger partial charge on any atom is -0.452 e. The normalized spacial score (nSPS) is 10.3. The van der Waals surface area contributed by atoms with Crippen LogP contribution in [0.5, 0.6) is 0 Å². The Labute approximate surface area is 190 Å². The predicted octanol–water partition coefficient (Wildman–Crippen LogP) is 4.22. The van der Waals surface area contributed by atoms with Crippen LogP contribution in [0.1, 0.15) is 21.5 Å². The fourth-order valence-corrected chi connectivity index (χ4v) is 3.45. The third kappa shape index (κ3) is 6.95. The third-order valence-corrected chi connectivity index (χ3v) is 5.34. The molecule has 0 aliphatic rings. The summed E-state index contributed by atoms with van der Waals surface area (Å²) in [5, 5.41) is 5.82. The first-order valence-corrected chi connectivity index (χ1v) is 10.9. The summed E-state index contributed by atoms with van der Waals surface area (Å²) in [5.41, 5.74) is 3.68. The van der Waals surface area contributed by atoms with E-state index in [1.165, 1.54) is 6.20 Å². The molecule has 1 aromatic heterocycles. The van der Waals surface area contributed by atoms with Crippen LogP contribution in [-0.4, -0.2) is 35.1 Å². The van der Waals surface area contributed by atoms with Crippen LogP contribution < -0.4 is 10.6 Å². The fourth-order valence-electron chi connectivity index (χ4n) is 2.67. The van der Waals surface area contributed by atoms with Gasteiger partial charge in [0.2, 0.25) is 5.91 Å². The van der Waals surface area contributed by atoms with Gasteiger partial charge in [0.1, 0.15) is 5.03 Å². The first kappa shape index (κ1) is 23.0. The largest absolute Gasteiger partial charge is 0.452 e. The smallest absolute Gasteiger partial charge is 0.341 e. The summed E-state index contributed by atoms with van der Waals surface area (Å²) in [5.74, 6) is -1.28. The number of ether oxygens (including phenoxy) is 1. The summed E-state index contributed by atoms with van der Waals surface area (Å²) in [6, 6.07) is 17.9. The quantitative estimate of drug-likeness (QED) is 0.395. The van der Waals surface area contributed by atoms with Crippen molar-refractivity contribution in [2.24, 2.45) is 0 Å². The number of aryl methyl sites for hydroxylation is 2. The second kappa shape index (κ2) is 11.1. The molecule has 0 fully saturated rings. The molecule has 32 heavy (non-hydrogen) atoms. The van der Waals surface area contributed by atoms with Gasteiger partial charge in [-0.2, -0.15) is 0 Å². The molecule has 1 heterocycles. The van der Waals surface area contributed by atoms with Crippen LogP contribution in [-0.2, 0) is 14.3 Å². The van der Waals surface area contributed by atoms with E-state index >= 15 is 0 Å². The van der Waals surface area contributed by atoms with Crippen molar-refractivity contribution < 1.29 is 19.1 Å². The highest BCUT2D eigenvalue weighted by Gasteiger charge is 2.17. The summed E-state index contributed by atoms with van der Waals surface area (Å²) in [4.78, 5) is 41.0. The second-order valence-electron chi connectivity index (χ2n) is 7.05. The van der Waals surface area contributed by atoms with E-state index in [0.29, 0.717) is 16.4 Å². The minimum absolute atomic E-state index is 0.0685. The first-order valence-electron chi connectivity index (χ1n) is 9.88. The number of carbonyl (C=O) groups excluding carboxylic acids is 3. The van der Waals surface area contributed by atoms with Crippen LogP contribution in [0, 0.1) is 13.8 Å². The van der Waals surface area contributed by atoms with Gasteiger partial charge in [0.25, 0.3) is 5.91 Å². The lowest BCUT2D eigenvalue weighted by molar-refractivity contribution is -0.119. The number of thioether (sulfide) groups is 1. The first-order chi connectivity index (χ1) is 15.4. The van der Waals surface area contributed by atoms with Crippen LogP contribution in [0.2, 0.25) is 0 Å². The Morgan fingerprint density at radius 2 is 1.41 bits per heavy atom. The number of nitrogens with zero attached hydrogens (tertiary/aromatic N) is 1. The van der Waals surface area contributed by atoms with Gasteiger partial charge in [-0.25, -0.2) is 9.78 Å². The zero-order valence-electron chi connectivity index (χ0n) is 17.8. The summed E-state index contributed by atoms with van der Waals surface area (Å²) in [6.07, 6.45) is 1.53. The van der Waals surface area contributed by atoms with Crippen LogP contribution in [0.4, 0.5) is 11.4 Å². The number of carbonyl (C=O) groups is 3. The molecule has 0 aliphatic carbocycles. The molecular weight excluding hydrogens is 426 g/mol. The van der Waals surface area contributed by atoms with Crippen molar-refractivity contribution in [1.29, 1.82) is 0 Å². The van der Waals surface area contributed by atoms with E-state index in [2.05, 4.69) is 15.6 Å². The number of pyridine rings is 1. The summed E-state index contributed by atoms with van der Waals surface area (Å²) in [7, 11) is 0. The van der Waals surface area contributed by atoms with Gasteiger partial charge in [-0.3, -0.25) is 9.59 Å². The number of hydrogen-bond donors (Lipinski definition) is 2. The highest BCUT2D eigenvalue weighted by Crippen LogP contribution is 2.21. The van der Waals surface area contributed by atoms with E-state index in [1.807, 2.05) is 50.2 Å². The number of hydrogen-bond acceptors (Lipinski definition) is 6. The van der Waals surface area contributed by atoms with Crippen molar-refractivity contribution in [2.45, 2.75) is 18.9 Å². The van der Waals surface area contributed by atoms with Gasteiger partial charge >= 0.3 is 5.97 Å². The molecule has 7 nitrogen and oxygen atoms in total. The third-order valence-electron chi connectivity index (χ3n) is 4.34. The molecule has 2 aromatic carbocycles. The number of amides is 2. The van der Waals surface area contributed by atoms with Gasteiger partial charge in [0, 0.05) is 17.6 Å². The second-order valence-corrected chi connectivity index (χ2v) is 8.01. The zero-order valence-corrected chi connectivity index (χ0v) is 18.6. The van der Waals surface area contributed by atoms with Crippen LogP contribution >= 0.6 is 11.8 Å². The van der Waals surface area contributed by atoms with E-state index in [-0.39, 0.29) is 17.2 Å². The van der Waals surface area contributed by atoms with Crippen molar-refractivity contribution in [3.63, 3.8) is 0 Å². The molecule has 0 atom stereocenters. The van der Waals surface area contributed by atoms with Crippen LogP contribution in [0.25, 0.3) is 0 Å². The molecular formula is C24H23N3O4S. The highest BCUT2D eigenvalue weighted by atomic mass is 32.2. The monoisotopic (exact) mass is 449 g/mol. The number of rotatable bonds is 8. The van der Waals surface area contributed by atoms with E-state index in [9.17, 15) is 14.4 Å². The number of aromatic nitrogens is 1. The molecule has 164 valence electrons. The van der Waals surface area contributed by atoms with E-state index in [4.69, 9.17) is 4.74 Å². The molecule has 0 aliphatic heterocycles. The fraction of sp³-hybridized carbons (Fsp3) is 0.167. The zero-order chi connectivity index (χ0) is 22.9. The van der Waals surface area contributed by atoms with E-state index in [0.717, 1.165) is 22.9 Å². The summed E-state index contributed by atoms with van der Waals surface area (Å²) in [6.45, 7) is 3.48. The summed E-state index contributed by atoms with van der Waals surface area (Å²) < 4.78 is 5.14. The maximum atomic E-state index is 12.5. The van der Waals surface area contributed by atoms with Gasteiger partial charge in [-0.15, -0.1) is 0 Å². The van der Waals surface area contributed by atoms with Crippen molar-refractivity contribution in [2.75, 3.05) is 23.0 Å². The molecule has 0 unspecified atom stereocenters. The van der Waals surface area contributed by atoms with Crippen molar-refractivity contribution in [1.82, 2.24) is 4.98 Å². The average molecular weight is 450 g/mol. The van der Waals surface area contributed by atoms with E-state index < -0.39 is 18.5 Å². The maximum absolute atomic E-state index is 12.5. The van der Waals surface area contributed by atoms with Gasteiger partial charge < -0.3 is 15.4 Å². The molecule has 3 aromatic rings. The van der Waals surface area contributed by atoms with Gasteiger partial charge in [-0.1, -0.05) is 47.2 Å². The average Bonchev–Trinajstić information content (AvgIpc) is 2.79. The Hall–Kier alpha value is -3.65. The van der Waals surface area contributed by atoms with Crippen LogP contribution in [0.3, 0.4) is 0 Å². The van der Waals surface area contributed by atoms with Gasteiger partial charge in [0.05, 0.1) is 11.3 Å². The highest BCUT2D eigenvalue weighted by molar-refractivity contribution is 8.00. The van der Waals surface area contributed by atoms with Crippen molar-refractivity contribution in [3.05, 3.63) is 83.6 Å². The van der Waals surface area contributed by atoms with Gasteiger partial charge in [-0.05, 0) is 50.2 Å². The topological polar surface area (TPSA) is 97.4 Å². The van der Waals surface area contributed by atoms with Crippen molar-refractivity contribution in [3.8, 4) is 0 Å². The lowest BCUT2D eigenvalue weighted by Gasteiger charge is -2.09.